The van der Waals surface area contributed by atoms with Gasteiger partial charge in [0.2, 0.25) is 0 Å². The lowest BCUT2D eigenvalue weighted by Gasteiger charge is -2.11. The number of fused-ring (bicyclic) bond motifs is 1. The van der Waals surface area contributed by atoms with Gasteiger partial charge < -0.3 is 0 Å². The minimum Gasteiger partial charge on any atom is -0.294 e. The lowest BCUT2D eigenvalue weighted by atomic mass is 10.2. The Morgan fingerprint density at radius 3 is 2.50 bits per heavy atom. The fourth-order valence-corrected chi connectivity index (χ4v) is 3.24. The van der Waals surface area contributed by atoms with Gasteiger partial charge in [0.1, 0.15) is 5.82 Å². The summed E-state index contributed by atoms with van der Waals surface area (Å²) in [5.74, 6) is 1.24. The quantitative estimate of drug-likeness (QED) is 0.585. The van der Waals surface area contributed by atoms with E-state index in [2.05, 4.69) is 75.7 Å². The van der Waals surface area contributed by atoms with Gasteiger partial charge in [0.15, 0.2) is 0 Å². The molecule has 20 heavy (non-hydrogen) atoms. The highest BCUT2D eigenvalue weighted by Crippen LogP contribution is 2.29. The molecule has 0 bridgehead atoms. The van der Waals surface area contributed by atoms with Crippen LogP contribution in [0.4, 0.5) is 0 Å². The first-order valence-corrected chi connectivity index (χ1v) is 7.73. The van der Waals surface area contributed by atoms with Crippen molar-refractivity contribution >= 4 is 38.6 Å². The SMILES string of the molecule is Cc1ccc(-n2c(CCl)nc3cc(C)ccc32)c(Br)c1. The van der Waals surface area contributed by atoms with Crippen molar-refractivity contribution in [3.05, 3.63) is 57.8 Å². The zero-order valence-electron chi connectivity index (χ0n) is 11.3. The van der Waals surface area contributed by atoms with Crippen LogP contribution in [0, 0.1) is 13.8 Å². The predicted molar refractivity (Wildman–Crippen MR) is 87.8 cm³/mol. The molecule has 0 aliphatic carbocycles. The molecule has 0 radical (unpaired) electrons. The number of nitrogens with zero attached hydrogens (tertiary/aromatic N) is 2. The van der Waals surface area contributed by atoms with Gasteiger partial charge in [-0.15, -0.1) is 11.6 Å². The molecule has 1 aromatic heterocycles. The Kier molecular flexibility index (Phi) is 3.57. The number of rotatable bonds is 2. The van der Waals surface area contributed by atoms with Gasteiger partial charge in [-0.25, -0.2) is 4.98 Å². The molecule has 2 aromatic carbocycles. The lowest BCUT2D eigenvalue weighted by Crippen LogP contribution is -2.00. The second-order valence-corrected chi connectivity index (χ2v) is 6.07. The maximum atomic E-state index is 6.08. The summed E-state index contributed by atoms with van der Waals surface area (Å²) in [6, 6.07) is 12.6. The first kappa shape index (κ1) is 13.7. The number of benzene rings is 2. The van der Waals surface area contributed by atoms with E-state index < -0.39 is 0 Å². The highest BCUT2D eigenvalue weighted by atomic mass is 79.9. The van der Waals surface area contributed by atoms with Crippen LogP contribution < -0.4 is 0 Å². The molecule has 0 spiro atoms. The molecule has 1 heterocycles. The van der Waals surface area contributed by atoms with Crippen molar-refractivity contribution in [3.8, 4) is 5.69 Å². The molecule has 0 aliphatic rings. The zero-order valence-corrected chi connectivity index (χ0v) is 13.7. The Bertz CT molecular complexity index is 793. The van der Waals surface area contributed by atoms with Crippen molar-refractivity contribution in [2.24, 2.45) is 0 Å². The molecule has 0 aliphatic heterocycles. The van der Waals surface area contributed by atoms with E-state index in [1.807, 2.05) is 0 Å². The zero-order chi connectivity index (χ0) is 14.3. The van der Waals surface area contributed by atoms with Crippen LogP contribution in [0.15, 0.2) is 40.9 Å². The number of alkyl halides is 1. The van der Waals surface area contributed by atoms with Crippen LogP contribution in [0.25, 0.3) is 16.7 Å². The van der Waals surface area contributed by atoms with Crippen LogP contribution in [-0.4, -0.2) is 9.55 Å². The van der Waals surface area contributed by atoms with E-state index in [4.69, 9.17) is 11.6 Å². The molecule has 4 heteroatoms. The molecule has 0 saturated carbocycles. The van der Waals surface area contributed by atoms with Crippen LogP contribution in [0.1, 0.15) is 17.0 Å². The van der Waals surface area contributed by atoms with E-state index in [9.17, 15) is 0 Å². The average Bonchev–Trinajstić information content (AvgIpc) is 2.76. The molecule has 0 fully saturated rings. The monoisotopic (exact) mass is 348 g/mol. The first-order valence-electron chi connectivity index (χ1n) is 6.40. The van der Waals surface area contributed by atoms with Crippen LogP contribution in [0.5, 0.6) is 0 Å². The van der Waals surface area contributed by atoms with Crippen molar-refractivity contribution < 1.29 is 0 Å². The third-order valence-corrected chi connectivity index (χ3v) is 4.22. The molecule has 2 nitrogen and oxygen atoms in total. The minimum absolute atomic E-state index is 0.383. The second-order valence-electron chi connectivity index (χ2n) is 4.94. The first-order chi connectivity index (χ1) is 9.60. The number of imidazole rings is 1. The van der Waals surface area contributed by atoms with Crippen LogP contribution in [0.2, 0.25) is 0 Å². The summed E-state index contributed by atoms with van der Waals surface area (Å²) < 4.78 is 3.16. The molecule has 0 amide bonds. The fourth-order valence-electron chi connectivity index (χ4n) is 2.39. The van der Waals surface area contributed by atoms with E-state index in [1.165, 1.54) is 11.1 Å². The highest BCUT2D eigenvalue weighted by molar-refractivity contribution is 9.10. The summed E-state index contributed by atoms with van der Waals surface area (Å²) in [6.07, 6.45) is 0. The van der Waals surface area contributed by atoms with Gasteiger partial charge in [0.25, 0.3) is 0 Å². The summed E-state index contributed by atoms with van der Waals surface area (Å²) in [5.41, 5.74) is 5.54. The van der Waals surface area contributed by atoms with Gasteiger partial charge >= 0.3 is 0 Å². The Morgan fingerprint density at radius 1 is 1.10 bits per heavy atom. The van der Waals surface area contributed by atoms with Crippen molar-refractivity contribution in [1.82, 2.24) is 9.55 Å². The Morgan fingerprint density at radius 2 is 1.80 bits per heavy atom. The summed E-state index contributed by atoms with van der Waals surface area (Å²) in [4.78, 5) is 4.64. The number of hydrogen-bond donors (Lipinski definition) is 0. The molecular weight excluding hydrogens is 336 g/mol. The number of hydrogen-bond acceptors (Lipinski definition) is 1. The summed E-state index contributed by atoms with van der Waals surface area (Å²) in [7, 11) is 0. The standard InChI is InChI=1S/C16H14BrClN2/c1-10-3-5-14(12(17)7-10)20-15-6-4-11(2)8-13(15)19-16(20)9-18/h3-8H,9H2,1-2H3. The van der Waals surface area contributed by atoms with E-state index in [0.29, 0.717) is 5.88 Å². The summed E-state index contributed by atoms with van der Waals surface area (Å²) in [6.45, 7) is 4.15. The smallest absolute Gasteiger partial charge is 0.129 e. The van der Waals surface area contributed by atoms with Gasteiger partial charge in [0, 0.05) is 4.47 Å². The fraction of sp³-hybridized carbons (Fsp3) is 0.188. The lowest BCUT2D eigenvalue weighted by molar-refractivity contribution is 0.976. The van der Waals surface area contributed by atoms with Crippen LogP contribution >= 0.6 is 27.5 Å². The predicted octanol–water partition coefficient (Wildman–Crippen LogP) is 5.14. The normalized spacial score (nSPS) is 11.2. The molecule has 3 rings (SSSR count). The topological polar surface area (TPSA) is 17.8 Å². The Balaban J connectivity index is 2.34. The molecule has 0 saturated heterocycles. The largest absolute Gasteiger partial charge is 0.294 e. The average molecular weight is 350 g/mol. The van der Waals surface area contributed by atoms with Crippen LogP contribution in [-0.2, 0) is 5.88 Å². The van der Waals surface area contributed by atoms with Crippen LogP contribution in [0.3, 0.4) is 0 Å². The van der Waals surface area contributed by atoms with Crippen molar-refractivity contribution in [2.75, 3.05) is 0 Å². The van der Waals surface area contributed by atoms with Gasteiger partial charge in [-0.2, -0.15) is 0 Å². The minimum atomic E-state index is 0.383. The van der Waals surface area contributed by atoms with E-state index >= 15 is 0 Å². The molecule has 0 N–H and O–H groups in total. The molecule has 0 atom stereocenters. The van der Waals surface area contributed by atoms with E-state index in [0.717, 1.165) is 27.0 Å². The maximum Gasteiger partial charge on any atom is 0.129 e. The molecule has 102 valence electrons. The number of aromatic nitrogens is 2. The third-order valence-electron chi connectivity index (χ3n) is 3.34. The maximum absolute atomic E-state index is 6.08. The number of halogens is 2. The van der Waals surface area contributed by atoms with Gasteiger partial charge in [-0.3, -0.25) is 4.57 Å². The Labute approximate surface area is 131 Å². The third kappa shape index (κ3) is 2.25. The van der Waals surface area contributed by atoms with Gasteiger partial charge in [0.05, 0.1) is 22.6 Å². The van der Waals surface area contributed by atoms with Crippen molar-refractivity contribution in [2.45, 2.75) is 19.7 Å². The molecule has 0 unspecified atom stereocenters. The van der Waals surface area contributed by atoms with Gasteiger partial charge in [-0.05, 0) is 65.2 Å². The second kappa shape index (κ2) is 5.23. The highest BCUT2D eigenvalue weighted by Gasteiger charge is 2.13. The van der Waals surface area contributed by atoms with Crippen molar-refractivity contribution in [1.29, 1.82) is 0 Å². The molecule has 3 aromatic rings. The molecular formula is C16H14BrClN2. The van der Waals surface area contributed by atoms with Gasteiger partial charge in [-0.1, -0.05) is 12.1 Å². The summed E-state index contributed by atoms with van der Waals surface area (Å²) >= 11 is 9.72. The summed E-state index contributed by atoms with van der Waals surface area (Å²) in [5, 5.41) is 0. The van der Waals surface area contributed by atoms with E-state index in [1.54, 1.807) is 0 Å². The Hall–Kier alpha value is -1.32. The van der Waals surface area contributed by atoms with E-state index in [-0.39, 0.29) is 0 Å². The van der Waals surface area contributed by atoms with Crippen molar-refractivity contribution in [3.63, 3.8) is 0 Å². The number of aryl methyl sites for hydroxylation is 2.